The first kappa shape index (κ1) is 15.0. The lowest BCUT2D eigenvalue weighted by molar-refractivity contribution is -0.136. The minimum atomic E-state index is -0.170. The number of hydrogen-bond acceptors (Lipinski definition) is 3. The summed E-state index contributed by atoms with van der Waals surface area (Å²) < 4.78 is 5.63. The van der Waals surface area contributed by atoms with E-state index in [-0.39, 0.29) is 24.2 Å². The molecule has 4 heteroatoms. The molecule has 1 aromatic rings. The molecule has 2 N–H and O–H groups in total. The average Bonchev–Trinajstić information content (AvgIpc) is 2.37. The topological polar surface area (TPSA) is 50.4 Å². The van der Waals surface area contributed by atoms with E-state index in [0.29, 0.717) is 0 Å². The lowest BCUT2D eigenvalue weighted by Gasteiger charge is -2.38. The number of amides is 1. The van der Waals surface area contributed by atoms with Gasteiger partial charge in [-0.05, 0) is 38.3 Å². The van der Waals surface area contributed by atoms with Crippen molar-refractivity contribution < 1.29 is 9.53 Å². The first-order valence-electron chi connectivity index (χ1n) is 7.17. The molecule has 110 valence electrons. The van der Waals surface area contributed by atoms with Crippen LogP contribution in [0.2, 0.25) is 0 Å². The number of hydrogen-bond donors (Lipinski definition) is 2. The van der Waals surface area contributed by atoms with Crippen LogP contribution in [0.5, 0.6) is 0 Å². The molecule has 4 nitrogen and oxygen atoms in total. The number of ether oxygens (including phenoxy) is 1. The molecular weight excluding hydrogens is 252 g/mol. The molecule has 0 saturated carbocycles. The molecule has 1 heterocycles. The van der Waals surface area contributed by atoms with Crippen LogP contribution in [-0.4, -0.2) is 37.2 Å². The van der Waals surface area contributed by atoms with Crippen molar-refractivity contribution in [2.75, 3.05) is 19.7 Å². The van der Waals surface area contributed by atoms with Gasteiger partial charge in [-0.3, -0.25) is 4.79 Å². The third kappa shape index (κ3) is 4.05. The molecule has 1 unspecified atom stereocenters. The maximum absolute atomic E-state index is 11.9. The van der Waals surface area contributed by atoms with Crippen molar-refractivity contribution in [2.45, 2.75) is 38.8 Å². The molecule has 0 spiro atoms. The second kappa shape index (κ2) is 6.37. The van der Waals surface area contributed by atoms with Crippen LogP contribution in [0, 0.1) is 6.92 Å². The standard InChI is InChI=1S/C16H24N2O2/c1-12-6-4-5-7-14(12)8-13(2)18-15(19)9-20-16(3)10-17-11-16/h4-7,13,17H,8-11H2,1-3H3,(H,18,19). The molecular formula is C16H24N2O2. The Morgan fingerprint density at radius 3 is 2.75 bits per heavy atom. The van der Waals surface area contributed by atoms with Crippen molar-refractivity contribution in [3.05, 3.63) is 35.4 Å². The second-order valence-corrected chi connectivity index (χ2v) is 5.94. The summed E-state index contributed by atoms with van der Waals surface area (Å²) in [4.78, 5) is 11.9. The van der Waals surface area contributed by atoms with Gasteiger partial charge in [0.2, 0.25) is 5.91 Å². The van der Waals surface area contributed by atoms with Crippen LogP contribution in [0.1, 0.15) is 25.0 Å². The summed E-state index contributed by atoms with van der Waals surface area (Å²) in [6.07, 6.45) is 0.844. The van der Waals surface area contributed by atoms with Crippen LogP contribution in [-0.2, 0) is 16.0 Å². The third-order valence-electron chi connectivity index (χ3n) is 3.74. The van der Waals surface area contributed by atoms with E-state index in [0.717, 1.165) is 19.5 Å². The zero-order valence-electron chi connectivity index (χ0n) is 12.5. The van der Waals surface area contributed by atoms with Gasteiger partial charge < -0.3 is 15.4 Å². The van der Waals surface area contributed by atoms with Crippen molar-refractivity contribution >= 4 is 5.91 Å². The van der Waals surface area contributed by atoms with Gasteiger partial charge in [-0.15, -0.1) is 0 Å². The van der Waals surface area contributed by atoms with Crippen LogP contribution < -0.4 is 10.6 Å². The van der Waals surface area contributed by atoms with E-state index < -0.39 is 0 Å². The van der Waals surface area contributed by atoms with E-state index in [1.165, 1.54) is 11.1 Å². The van der Waals surface area contributed by atoms with Gasteiger partial charge in [0.1, 0.15) is 6.61 Å². The lowest BCUT2D eigenvalue weighted by atomic mass is 10.0. The highest BCUT2D eigenvalue weighted by Crippen LogP contribution is 2.14. The normalized spacial score (nSPS) is 18.1. The summed E-state index contributed by atoms with van der Waals surface area (Å²) in [5, 5.41) is 6.14. The van der Waals surface area contributed by atoms with Gasteiger partial charge in [0.15, 0.2) is 0 Å². The molecule has 1 fully saturated rings. The van der Waals surface area contributed by atoms with Gasteiger partial charge >= 0.3 is 0 Å². The fourth-order valence-electron chi connectivity index (χ4n) is 2.36. The summed E-state index contributed by atoms with van der Waals surface area (Å²) in [5.74, 6) is -0.0424. The van der Waals surface area contributed by atoms with Crippen molar-refractivity contribution in [3.63, 3.8) is 0 Å². The zero-order valence-corrected chi connectivity index (χ0v) is 12.5. The molecule has 0 aliphatic carbocycles. The Hall–Kier alpha value is -1.39. The van der Waals surface area contributed by atoms with E-state index >= 15 is 0 Å². The predicted octanol–water partition coefficient (Wildman–Crippen LogP) is 1.42. The van der Waals surface area contributed by atoms with E-state index in [4.69, 9.17) is 4.74 Å². The molecule has 2 rings (SSSR count). The van der Waals surface area contributed by atoms with Crippen LogP contribution in [0.25, 0.3) is 0 Å². The highest BCUT2D eigenvalue weighted by molar-refractivity contribution is 5.77. The zero-order chi connectivity index (χ0) is 14.6. The quantitative estimate of drug-likeness (QED) is 0.826. The molecule has 0 radical (unpaired) electrons. The Balaban J connectivity index is 1.75. The number of carbonyl (C=O) groups excluding carboxylic acids is 1. The molecule has 1 atom stereocenters. The first-order valence-corrected chi connectivity index (χ1v) is 7.17. The van der Waals surface area contributed by atoms with Crippen molar-refractivity contribution in [1.82, 2.24) is 10.6 Å². The average molecular weight is 276 g/mol. The smallest absolute Gasteiger partial charge is 0.246 e. The monoisotopic (exact) mass is 276 g/mol. The Labute approximate surface area is 120 Å². The second-order valence-electron chi connectivity index (χ2n) is 5.94. The van der Waals surface area contributed by atoms with Gasteiger partial charge in [0.25, 0.3) is 0 Å². The van der Waals surface area contributed by atoms with E-state index in [1.807, 2.05) is 26.0 Å². The van der Waals surface area contributed by atoms with Gasteiger partial charge in [0, 0.05) is 19.1 Å². The third-order valence-corrected chi connectivity index (χ3v) is 3.74. The molecule has 0 aromatic heterocycles. The number of benzene rings is 1. The summed E-state index contributed by atoms with van der Waals surface area (Å²) in [6.45, 7) is 7.91. The molecule has 0 bridgehead atoms. The lowest BCUT2D eigenvalue weighted by Crippen LogP contribution is -2.59. The van der Waals surface area contributed by atoms with Crippen LogP contribution in [0.4, 0.5) is 0 Å². The highest BCUT2D eigenvalue weighted by atomic mass is 16.5. The molecule has 1 saturated heterocycles. The molecule has 1 aliphatic rings. The maximum atomic E-state index is 11.9. The van der Waals surface area contributed by atoms with Crippen molar-refractivity contribution in [1.29, 1.82) is 0 Å². The maximum Gasteiger partial charge on any atom is 0.246 e. The van der Waals surface area contributed by atoms with E-state index in [9.17, 15) is 4.79 Å². The number of carbonyl (C=O) groups is 1. The summed E-state index contributed by atoms with van der Waals surface area (Å²) >= 11 is 0. The molecule has 1 amide bonds. The number of aryl methyl sites for hydroxylation is 1. The Morgan fingerprint density at radius 1 is 1.45 bits per heavy atom. The fraction of sp³-hybridized carbons (Fsp3) is 0.562. The van der Waals surface area contributed by atoms with Gasteiger partial charge in [-0.2, -0.15) is 0 Å². The highest BCUT2D eigenvalue weighted by Gasteiger charge is 2.33. The first-order chi connectivity index (χ1) is 9.48. The number of nitrogens with one attached hydrogen (secondary N) is 2. The minimum Gasteiger partial charge on any atom is -0.363 e. The van der Waals surface area contributed by atoms with Crippen LogP contribution in [0.3, 0.4) is 0 Å². The Bertz CT molecular complexity index is 469. The van der Waals surface area contributed by atoms with Crippen molar-refractivity contribution in [3.8, 4) is 0 Å². The van der Waals surface area contributed by atoms with Gasteiger partial charge in [-0.25, -0.2) is 0 Å². The largest absolute Gasteiger partial charge is 0.363 e. The molecule has 20 heavy (non-hydrogen) atoms. The molecule has 1 aliphatic heterocycles. The fourth-order valence-corrected chi connectivity index (χ4v) is 2.36. The summed E-state index contributed by atoms with van der Waals surface area (Å²) in [7, 11) is 0. The van der Waals surface area contributed by atoms with Gasteiger partial charge in [0.05, 0.1) is 5.60 Å². The van der Waals surface area contributed by atoms with Crippen LogP contribution >= 0.6 is 0 Å². The van der Waals surface area contributed by atoms with Crippen molar-refractivity contribution in [2.24, 2.45) is 0 Å². The minimum absolute atomic E-state index is 0.0424. The SMILES string of the molecule is Cc1ccccc1CC(C)NC(=O)COC1(C)CNC1. The van der Waals surface area contributed by atoms with E-state index in [1.54, 1.807) is 0 Å². The number of rotatable bonds is 6. The summed E-state index contributed by atoms with van der Waals surface area (Å²) in [6, 6.07) is 8.38. The van der Waals surface area contributed by atoms with E-state index in [2.05, 4.69) is 29.7 Å². The van der Waals surface area contributed by atoms with Gasteiger partial charge in [-0.1, -0.05) is 24.3 Å². The Kier molecular flexibility index (Phi) is 4.78. The Morgan fingerprint density at radius 2 is 2.15 bits per heavy atom. The van der Waals surface area contributed by atoms with Crippen LogP contribution in [0.15, 0.2) is 24.3 Å². The summed E-state index contributed by atoms with van der Waals surface area (Å²) in [5.41, 5.74) is 2.37. The molecule has 1 aromatic carbocycles. The predicted molar refractivity (Wildman–Crippen MR) is 79.7 cm³/mol.